The standard InChI is InChI=1S/C17H28N2O/c1-4-11-18-17(6-3)15-7-9-16(10-8-15)19(12-5-2)13-14-20/h5,7-10,17-18,20H,2,4,6,11-14H2,1,3H3. The second-order valence-electron chi connectivity index (χ2n) is 4.96. The van der Waals surface area contributed by atoms with E-state index in [0.717, 1.165) is 31.6 Å². The van der Waals surface area contributed by atoms with Crippen LogP contribution < -0.4 is 10.2 Å². The molecule has 112 valence electrons. The highest BCUT2D eigenvalue weighted by molar-refractivity contribution is 5.48. The maximum Gasteiger partial charge on any atom is 0.0606 e. The summed E-state index contributed by atoms with van der Waals surface area (Å²) in [5.74, 6) is 0. The molecule has 0 aliphatic rings. The molecule has 0 fully saturated rings. The fourth-order valence-electron chi connectivity index (χ4n) is 2.34. The summed E-state index contributed by atoms with van der Waals surface area (Å²) >= 11 is 0. The third-order valence-corrected chi connectivity index (χ3v) is 3.43. The van der Waals surface area contributed by atoms with Crippen LogP contribution in [0.4, 0.5) is 5.69 Å². The lowest BCUT2D eigenvalue weighted by atomic mass is 10.0. The van der Waals surface area contributed by atoms with E-state index >= 15 is 0 Å². The van der Waals surface area contributed by atoms with E-state index < -0.39 is 0 Å². The zero-order chi connectivity index (χ0) is 14.8. The van der Waals surface area contributed by atoms with Gasteiger partial charge in [-0.1, -0.05) is 32.1 Å². The molecule has 1 unspecified atom stereocenters. The van der Waals surface area contributed by atoms with Crippen molar-refractivity contribution in [3.63, 3.8) is 0 Å². The van der Waals surface area contributed by atoms with Crippen LogP contribution in [0.15, 0.2) is 36.9 Å². The second-order valence-corrected chi connectivity index (χ2v) is 4.96. The van der Waals surface area contributed by atoms with Gasteiger partial charge in [-0.15, -0.1) is 6.58 Å². The Balaban J connectivity index is 2.76. The SMILES string of the molecule is C=CCN(CCO)c1ccc(C(CC)NCCC)cc1. The third-order valence-electron chi connectivity index (χ3n) is 3.43. The number of aliphatic hydroxyl groups excluding tert-OH is 1. The predicted octanol–water partition coefficient (Wildman–Crippen LogP) is 3.12. The molecule has 2 N–H and O–H groups in total. The summed E-state index contributed by atoms with van der Waals surface area (Å²) in [6.45, 7) is 10.8. The first-order chi connectivity index (χ1) is 9.76. The molecule has 0 radical (unpaired) electrons. The molecule has 1 aromatic carbocycles. The molecule has 3 nitrogen and oxygen atoms in total. The number of hydrogen-bond donors (Lipinski definition) is 2. The van der Waals surface area contributed by atoms with Gasteiger partial charge >= 0.3 is 0 Å². The zero-order valence-corrected chi connectivity index (χ0v) is 12.8. The fourth-order valence-corrected chi connectivity index (χ4v) is 2.34. The van der Waals surface area contributed by atoms with Crippen molar-refractivity contribution < 1.29 is 5.11 Å². The van der Waals surface area contributed by atoms with Crippen molar-refractivity contribution in [1.29, 1.82) is 0 Å². The van der Waals surface area contributed by atoms with Gasteiger partial charge in [-0.3, -0.25) is 0 Å². The van der Waals surface area contributed by atoms with E-state index in [9.17, 15) is 0 Å². The van der Waals surface area contributed by atoms with Gasteiger partial charge < -0.3 is 15.3 Å². The highest BCUT2D eigenvalue weighted by Crippen LogP contribution is 2.21. The number of nitrogens with one attached hydrogen (secondary N) is 1. The van der Waals surface area contributed by atoms with Crippen molar-refractivity contribution in [1.82, 2.24) is 5.32 Å². The largest absolute Gasteiger partial charge is 0.395 e. The van der Waals surface area contributed by atoms with Crippen LogP contribution in [-0.4, -0.2) is 31.3 Å². The maximum absolute atomic E-state index is 9.12. The molecule has 0 saturated heterocycles. The zero-order valence-electron chi connectivity index (χ0n) is 12.8. The van der Waals surface area contributed by atoms with E-state index in [1.165, 1.54) is 5.56 Å². The Morgan fingerprint density at radius 3 is 2.50 bits per heavy atom. The highest BCUT2D eigenvalue weighted by atomic mass is 16.3. The minimum atomic E-state index is 0.158. The van der Waals surface area contributed by atoms with Crippen molar-refractivity contribution in [2.24, 2.45) is 0 Å². The molecule has 0 aliphatic carbocycles. The molecule has 0 amide bonds. The van der Waals surface area contributed by atoms with Gasteiger partial charge in [0.1, 0.15) is 0 Å². The van der Waals surface area contributed by atoms with Crippen molar-refractivity contribution >= 4 is 5.69 Å². The van der Waals surface area contributed by atoms with Crippen molar-refractivity contribution in [2.75, 3.05) is 31.1 Å². The van der Waals surface area contributed by atoms with Gasteiger partial charge in [0.15, 0.2) is 0 Å². The molecule has 0 bridgehead atoms. The van der Waals surface area contributed by atoms with Crippen LogP contribution in [0.1, 0.15) is 38.3 Å². The Hall–Kier alpha value is -1.32. The van der Waals surface area contributed by atoms with Crippen molar-refractivity contribution in [3.05, 3.63) is 42.5 Å². The smallest absolute Gasteiger partial charge is 0.0606 e. The number of anilines is 1. The van der Waals surface area contributed by atoms with E-state index in [0.29, 0.717) is 12.6 Å². The van der Waals surface area contributed by atoms with Crippen LogP contribution >= 0.6 is 0 Å². The van der Waals surface area contributed by atoms with E-state index in [2.05, 4.69) is 54.9 Å². The number of benzene rings is 1. The number of nitrogens with zero attached hydrogens (tertiary/aromatic N) is 1. The lowest BCUT2D eigenvalue weighted by molar-refractivity contribution is 0.303. The Labute approximate surface area is 123 Å². The molecule has 0 saturated carbocycles. The molecule has 0 heterocycles. The van der Waals surface area contributed by atoms with Crippen LogP contribution in [0.2, 0.25) is 0 Å². The van der Waals surface area contributed by atoms with Crippen LogP contribution in [0.5, 0.6) is 0 Å². The first-order valence-corrected chi connectivity index (χ1v) is 7.56. The summed E-state index contributed by atoms with van der Waals surface area (Å²) in [5.41, 5.74) is 2.46. The van der Waals surface area contributed by atoms with Gasteiger partial charge in [-0.05, 0) is 37.1 Å². The van der Waals surface area contributed by atoms with Crippen LogP contribution in [-0.2, 0) is 0 Å². The Bertz CT molecular complexity index is 375. The summed E-state index contributed by atoms with van der Waals surface area (Å²) in [6.07, 6.45) is 4.10. The van der Waals surface area contributed by atoms with E-state index in [1.54, 1.807) is 0 Å². The van der Waals surface area contributed by atoms with E-state index in [1.807, 2.05) is 6.08 Å². The molecule has 0 aromatic heterocycles. The average molecular weight is 276 g/mol. The number of rotatable bonds is 10. The monoisotopic (exact) mass is 276 g/mol. The van der Waals surface area contributed by atoms with E-state index in [4.69, 9.17) is 5.11 Å². The van der Waals surface area contributed by atoms with Crippen molar-refractivity contribution in [3.8, 4) is 0 Å². The summed E-state index contributed by atoms with van der Waals surface area (Å²) in [4.78, 5) is 2.12. The molecular weight excluding hydrogens is 248 g/mol. The highest BCUT2D eigenvalue weighted by Gasteiger charge is 2.09. The fraction of sp³-hybridized carbons (Fsp3) is 0.529. The summed E-state index contributed by atoms with van der Waals surface area (Å²) < 4.78 is 0. The van der Waals surface area contributed by atoms with Gasteiger partial charge in [0.2, 0.25) is 0 Å². The van der Waals surface area contributed by atoms with E-state index in [-0.39, 0.29) is 6.61 Å². The van der Waals surface area contributed by atoms with Crippen LogP contribution in [0.3, 0.4) is 0 Å². The molecular formula is C17H28N2O. The number of hydrogen-bond acceptors (Lipinski definition) is 3. The predicted molar refractivity (Wildman–Crippen MR) is 87.3 cm³/mol. The van der Waals surface area contributed by atoms with Crippen LogP contribution in [0, 0.1) is 0 Å². The second kappa shape index (κ2) is 9.56. The number of aliphatic hydroxyl groups is 1. The molecule has 20 heavy (non-hydrogen) atoms. The lowest BCUT2D eigenvalue weighted by Gasteiger charge is -2.23. The average Bonchev–Trinajstić information content (AvgIpc) is 2.48. The molecule has 1 rings (SSSR count). The van der Waals surface area contributed by atoms with Gasteiger partial charge in [0.25, 0.3) is 0 Å². The van der Waals surface area contributed by atoms with Gasteiger partial charge in [-0.25, -0.2) is 0 Å². The van der Waals surface area contributed by atoms with Crippen molar-refractivity contribution in [2.45, 2.75) is 32.7 Å². The summed E-state index contributed by atoms with van der Waals surface area (Å²) in [5, 5.41) is 12.7. The molecule has 1 aromatic rings. The first kappa shape index (κ1) is 16.7. The third kappa shape index (κ3) is 4.99. The van der Waals surface area contributed by atoms with Crippen LogP contribution in [0.25, 0.3) is 0 Å². The van der Waals surface area contributed by atoms with Gasteiger partial charge in [-0.2, -0.15) is 0 Å². The maximum atomic E-state index is 9.12. The topological polar surface area (TPSA) is 35.5 Å². The minimum Gasteiger partial charge on any atom is -0.395 e. The summed E-state index contributed by atoms with van der Waals surface area (Å²) in [7, 11) is 0. The molecule has 1 atom stereocenters. The summed E-state index contributed by atoms with van der Waals surface area (Å²) in [6, 6.07) is 9.05. The minimum absolute atomic E-state index is 0.158. The Kier molecular flexibility index (Phi) is 8.00. The van der Waals surface area contributed by atoms with Gasteiger partial charge in [0, 0.05) is 24.8 Å². The Morgan fingerprint density at radius 2 is 2.00 bits per heavy atom. The molecule has 0 aliphatic heterocycles. The molecule has 0 spiro atoms. The molecule has 3 heteroatoms. The Morgan fingerprint density at radius 1 is 1.30 bits per heavy atom. The first-order valence-electron chi connectivity index (χ1n) is 7.56. The normalized spacial score (nSPS) is 12.2. The quantitative estimate of drug-likeness (QED) is 0.645. The van der Waals surface area contributed by atoms with Gasteiger partial charge in [0.05, 0.1) is 6.61 Å². The lowest BCUT2D eigenvalue weighted by Crippen LogP contribution is -2.26.